The van der Waals surface area contributed by atoms with E-state index in [1.165, 1.54) is 7.05 Å². The monoisotopic (exact) mass is 404 g/mol. The van der Waals surface area contributed by atoms with Crippen LogP contribution in [0.2, 0.25) is 0 Å². The molecule has 13 heteroatoms. The van der Waals surface area contributed by atoms with Crippen LogP contribution < -0.4 is 15.6 Å². The molecule has 0 fully saturated rings. The molecule has 2 N–H and O–H groups in total. The molecule has 150 valence electrons. The normalized spacial score (nSPS) is 13.7. The number of nitrogens with one attached hydrogen (secondary N) is 2. The molecule has 1 aromatic rings. The Labute approximate surface area is 154 Å². The highest BCUT2D eigenvalue weighted by Crippen LogP contribution is 2.30. The molecule has 0 radical (unpaired) electrons. The lowest BCUT2D eigenvalue weighted by Gasteiger charge is -2.23. The Kier molecular flexibility index (Phi) is 6.28. The summed E-state index contributed by atoms with van der Waals surface area (Å²) in [6, 6.07) is -0.904. The lowest BCUT2D eigenvalue weighted by Crippen LogP contribution is -2.41. The molecular formula is C15H12F4N4O5. The number of anilines is 1. The van der Waals surface area contributed by atoms with Crippen LogP contribution in [0.5, 0.6) is 0 Å². The zero-order chi connectivity index (χ0) is 21.0. The van der Waals surface area contributed by atoms with Crippen LogP contribution >= 0.6 is 0 Å². The molecule has 9 nitrogen and oxygen atoms in total. The van der Waals surface area contributed by atoms with E-state index in [9.17, 15) is 36.7 Å². The van der Waals surface area contributed by atoms with Crippen LogP contribution in [0, 0.1) is 23.3 Å². The van der Waals surface area contributed by atoms with Crippen molar-refractivity contribution in [2.45, 2.75) is 12.8 Å². The van der Waals surface area contributed by atoms with Gasteiger partial charge in [0.05, 0.1) is 0 Å². The van der Waals surface area contributed by atoms with Gasteiger partial charge in [0.15, 0.2) is 29.9 Å². The van der Waals surface area contributed by atoms with Gasteiger partial charge in [-0.05, 0) is 0 Å². The Morgan fingerprint density at radius 2 is 1.75 bits per heavy atom. The second-order valence-corrected chi connectivity index (χ2v) is 5.27. The third-order valence-corrected chi connectivity index (χ3v) is 3.38. The predicted octanol–water partition coefficient (Wildman–Crippen LogP) is 0.725. The van der Waals surface area contributed by atoms with Crippen molar-refractivity contribution in [3.8, 4) is 0 Å². The van der Waals surface area contributed by atoms with Gasteiger partial charge in [0.2, 0.25) is 5.91 Å². The van der Waals surface area contributed by atoms with Crippen LogP contribution in [-0.4, -0.2) is 43.2 Å². The first-order valence-electron chi connectivity index (χ1n) is 7.57. The van der Waals surface area contributed by atoms with Crippen molar-refractivity contribution < 1.29 is 41.5 Å². The maximum absolute atomic E-state index is 13.9. The molecule has 0 unspecified atom stereocenters. The molecule has 1 aliphatic heterocycles. The number of carbonyl (C=O) groups is 4. The highest BCUT2D eigenvalue weighted by molar-refractivity contribution is 6.38. The molecule has 1 aliphatic rings. The van der Waals surface area contributed by atoms with Gasteiger partial charge in [0.25, 0.3) is 5.91 Å². The van der Waals surface area contributed by atoms with Crippen molar-refractivity contribution in [1.29, 1.82) is 0 Å². The van der Waals surface area contributed by atoms with Crippen LogP contribution in [0.4, 0.5) is 28.0 Å². The number of benzene rings is 1. The summed E-state index contributed by atoms with van der Waals surface area (Å²) in [6.07, 6.45) is -0.790. The Bertz CT molecular complexity index is 863. The third-order valence-electron chi connectivity index (χ3n) is 3.38. The fourth-order valence-electron chi connectivity index (χ4n) is 2.06. The number of imide groups is 1. The van der Waals surface area contributed by atoms with E-state index in [0.29, 0.717) is 0 Å². The van der Waals surface area contributed by atoms with Crippen molar-refractivity contribution in [3.05, 3.63) is 29.3 Å². The van der Waals surface area contributed by atoms with Gasteiger partial charge in [0.1, 0.15) is 11.4 Å². The second kappa shape index (κ2) is 8.45. The van der Waals surface area contributed by atoms with Crippen molar-refractivity contribution in [2.24, 2.45) is 5.10 Å². The third kappa shape index (κ3) is 4.42. The SMILES string of the molecule is CNC(=O)NC(=O)COC(=O)C1=NN(c2c(F)c(F)cc(F)c2F)C(=O)CC1. The Morgan fingerprint density at radius 3 is 2.32 bits per heavy atom. The zero-order valence-electron chi connectivity index (χ0n) is 14.1. The summed E-state index contributed by atoms with van der Waals surface area (Å²) in [4.78, 5) is 46.1. The molecule has 0 atom stereocenters. The number of halogens is 4. The van der Waals surface area contributed by atoms with Gasteiger partial charge in [-0.1, -0.05) is 0 Å². The van der Waals surface area contributed by atoms with Crippen molar-refractivity contribution in [2.75, 3.05) is 18.7 Å². The fourth-order valence-corrected chi connectivity index (χ4v) is 2.06. The highest BCUT2D eigenvalue weighted by Gasteiger charge is 2.33. The summed E-state index contributed by atoms with van der Waals surface area (Å²) < 4.78 is 59.1. The minimum atomic E-state index is -1.88. The number of ether oxygens (including phenoxy) is 1. The summed E-state index contributed by atoms with van der Waals surface area (Å²) in [6.45, 7) is -0.892. The van der Waals surface area contributed by atoms with E-state index in [2.05, 4.69) is 15.2 Å². The number of esters is 1. The molecule has 0 aromatic heterocycles. The van der Waals surface area contributed by atoms with Gasteiger partial charge >= 0.3 is 12.0 Å². The average Bonchev–Trinajstić information content (AvgIpc) is 2.66. The van der Waals surface area contributed by atoms with Gasteiger partial charge < -0.3 is 10.1 Å². The molecule has 4 amide bonds. The van der Waals surface area contributed by atoms with Crippen LogP contribution in [0.15, 0.2) is 11.2 Å². The molecule has 1 aromatic carbocycles. The molecule has 0 bridgehead atoms. The molecule has 0 spiro atoms. The van der Waals surface area contributed by atoms with E-state index >= 15 is 0 Å². The Morgan fingerprint density at radius 1 is 1.14 bits per heavy atom. The number of nitrogens with zero attached hydrogens (tertiary/aromatic N) is 2. The number of hydrogen-bond donors (Lipinski definition) is 2. The minimum Gasteiger partial charge on any atom is -0.451 e. The number of carbonyl (C=O) groups excluding carboxylic acids is 4. The van der Waals surface area contributed by atoms with Gasteiger partial charge in [-0.25, -0.2) is 27.2 Å². The summed E-state index contributed by atoms with van der Waals surface area (Å²) in [7, 11) is 1.24. The van der Waals surface area contributed by atoms with Crippen LogP contribution in [0.3, 0.4) is 0 Å². The molecule has 1 heterocycles. The molecule has 0 aliphatic carbocycles. The van der Waals surface area contributed by atoms with Gasteiger partial charge in [-0.3, -0.25) is 14.9 Å². The summed E-state index contributed by atoms with van der Waals surface area (Å²) in [5.74, 6) is -10.5. The van der Waals surface area contributed by atoms with E-state index in [4.69, 9.17) is 0 Å². The molecular weight excluding hydrogens is 392 g/mol. The van der Waals surface area contributed by atoms with E-state index in [1.54, 1.807) is 5.32 Å². The maximum atomic E-state index is 13.9. The first-order chi connectivity index (χ1) is 13.1. The summed E-state index contributed by atoms with van der Waals surface area (Å²) in [5, 5.41) is 7.30. The van der Waals surface area contributed by atoms with Crippen LogP contribution in [0.25, 0.3) is 0 Å². The van der Waals surface area contributed by atoms with E-state index in [-0.39, 0.29) is 17.5 Å². The molecule has 0 saturated carbocycles. The quantitative estimate of drug-likeness (QED) is 0.436. The average molecular weight is 404 g/mol. The maximum Gasteiger partial charge on any atom is 0.355 e. The largest absolute Gasteiger partial charge is 0.451 e. The molecule has 0 saturated heterocycles. The van der Waals surface area contributed by atoms with Gasteiger partial charge in [0, 0.05) is 26.0 Å². The standard InChI is InChI=1S/C15H12F4N4O5/c1-20-15(27)21-9(24)5-28-14(26)8-2-3-10(25)23(22-8)13-11(18)6(16)4-7(17)12(13)19/h4H,2-3,5H2,1H3,(H2,20,21,24,27). The lowest BCUT2D eigenvalue weighted by molar-refractivity contribution is -0.142. The smallest absolute Gasteiger partial charge is 0.355 e. The number of rotatable bonds is 4. The van der Waals surface area contributed by atoms with Crippen LogP contribution in [-0.2, 0) is 19.1 Å². The second-order valence-electron chi connectivity index (χ2n) is 5.27. The van der Waals surface area contributed by atoms with E-state index < -0.39 is 71.5 Å². The fraction of sp³-hybridized carbons (Fsp3) is 0.267. The number of hydrogen-bond acceptors (Lipinski definition) is 6. The minimum absolute atomic E-state index is 0.0154. The number of hydrazone groups is 1. The van der Waals surface area contributed by atoms with Crippen molar-refractivity contribution >= 4 is 35.2 Å². The van der Waals surface area contributed by atoms with Crippen molar-refractivity contribution in [3.63, 3.8) is 0 Å². The number of urea groups is 1. The van der Waals surface area contributed by atoms with Gasteiger partial charge in [-0.2, -0.15) is 10.1 Å². The van der Waals surface area contributed by atoms with E-state index in [1.807, 2.05) is 0 Å². The highest BCUT2D eigenvalue weighted by atomic mass is 19.2. The summed E-state index contributed by atoms with van der Waals surface area (Å²) >= 11 is 0. The Hall–Kier alpha value is -3.51. The van der Waals surface area contributed by atoms with Crippen molar-refractivity contribution in [1.82, 2.24) is 10.6 Å². The van der Waals surface area contributed by atoms with E-state index in [0.717, 1.165) is 0 Å². The first kappa shape index (κ1) is 20.8. The predicted molar refractivity (Wildman–Crippen MR) is 84.0 cm³/mol. The topological polar surface area (TPSA) is 117 Å². The van der Waals surface area contributed by atoms with Crippen LogP contribution in [0.1, 0.15) is 12.8 Å². The lowest BCUT2D eigenvalue weighted by atomic mass is 10.1. The Balaban J connectivity index is 2.22. The number of amides is 4. The zero-order valence-corrected chi connectivity index (χ0v) is 14.1. The summed E-state index contributed by atoms with van der Waals surface area (Å²) in [5.41, 5.74) is -1.96. The molecule has 2 rings (SSSR count). The molecule has 28 heavy (non-hydrogen) atoms. The van der Waals surface area contributed by atoms with Gasteiger partial charge in [-0.15, -0.1) is 0 Å². The first-order valence-corrected chi connectivity index (χ1v) is 7.57.